The number of alkyl halides is 3. The molecule has 0 aliphatic carbocycles. The van der Waals surface area contributed by atoms with Crippen LogP contribution in [0.2, 0.25) is 5.02 Å². The largest absolute Gasteiger partial charge is 0.493 e. The average Bonchev–Trinajstić information content (AvgIpc) is 2.32. The summed E-state index contributed by atoms with van der Waals surface area (Å²) >= 11 is 5.79. The van der Waals surface area contributed by atoms with Crippen LogP contribution in [-0.4, -0.2) is 26.0 Å². The van der Waals surface area contributed by atoms with Gasteiger partial charge in [0.05, 0.1) is 23.8 Å². The zero-order valence-corrected chi connectivity index (χ0v) is 10.6. The average molecular weight is 294 g/mol. The minimum Gasteiger partial charge on any atom is -0.493 e. The lowest BCUT2D eigenvalue weighted by Gasteiger charge is -2.09. The molecule has 0 spiro atoms. The van der Waals surface area contributed by atoms with Crippen LogP contribution in [0.4, 0.5) is 13.2 Å². The summed E-state index contributed by atoms with van der Waals surface area (Å²) in [5.74, 6) is 0.458. The van der Waals surface area contributed by atoms with Crippen molar-refractivity contribution in [2.24, 2.45) is 0 Å². The second-order valence-electron chi connectivity index (χ2n) is 3.62. The van der Waals surface area contributed by atoms with Gasteiger partial charge in [0, 0.05) is 12.5 Å². The van der Waals surface area contributed by atoms with E-state index in [0.29, 0.717) is 17.7 Å². The monoisotopic (exact) mass is 293 g/mol. The van der Waals surface area contributed by atoms with Crippen molar-refractivity contribution < 1.29 is 22.6 Å². The first-order chi connectivity index (χ1) is 8.92. The predicted molar refractivity (Wildman–Crippen MR) is 63.2 cm³/mol. The van der Waals surface area contributed by atoms with E-state index in [1.165, 1.54) is 12.1 Å². The second-order valence-corrected chi connectivity index (χ2v) is 4.03. The van der Waals surface area contributed by atoms with Crippen molar-refractivity contribution in [3.05, 3.63) is 28.8 Å². The molecule has 0 saturated heterocycles. The van der Waals surface area contributed by atoms with Gasteiger partial charge in [0.2, 0.25) is 0 Å². The van der Waals surface area contributed by atoms with Gasteiger partial charge in [-0.25, -0.2) is 0 Å². The van der Waals surface area contributed by atoms with Crippen LogP contribution in [-0.2, 0) is 4.74 Å². The zero-order chi connectivity index (χ0) is 14.3. The number of nitriles is 1. The van der Waals surface area contributed by atoms with Gasteiger partial charge in [-0.3, -0.25) is 0 Å². The highest BCUT2D eigenvalue weighted by Crippen LogP contribution is 2.22. The highest BCUT2D eigenvalue weighted by molar-refractivity contribution is 6.31. The molecule has 19 heavy (non-hydrogen) atoms. The Balaban J connectivity index is 2.23. The molecule has 3 nitrogen and oxygen atoms in total. The van der Waals surface area contributed by atoms with E-state index in [1.807, 2.05) is 6.07 Å². The summed E-state index contributed by atoms with van der Waals surface area (Å²) < 4.78 is 44.9. The van der Waals surface area contributed by atoms with Crippen LogP contribution in [0.25, 0.3) is 0 Å². The fourth-order valence-electron chi connectivity index (χ4n) is 1.22. The van der Waals surface area contributed by atoms with Crippen molar-refractivity contribution in [1.82, 2.24) is 0 Å². The fourth-order valence-corrected chi connectivity index (χ4v) is 1.43. The summed E-state index contributed by atoms with van der Waals surface area (Å²) in [6.07, 6.45) is -3.98. The van der Waals surface area contributed by atoms with Gasteiger partial charge in [0.15, 0.2) is 0 Å². The van der Waals surface area contributed by atoms with Crippen LogP contribution in [0.5, 0.6) is 5.75 Å². The van der Waals surface area contributed by atoms with Gasteiger partial charge in [-0.1, -0.05) is 11.6 Å². The minimum atomic E-state index is -4.30. The summed E-state index contributed by atoms with van der Waals surface area (Å²) in [5.41, 5.74) is 0.336. The second kappa shape index (κ2) is 7.22. The van der Waals surface area contributed by atoms with Crippen molar-refractivity contribution in [2.45, 2.75) is 12.6 Å². The molecule has 0 bridgehead atoms. The molecule has 0 N–H and O–H groups in total. The maximum absolute atomic E-state index is 11.7. The van der Waals surface area contributed by atoms with Gasteiger partial charge in [-0.2, -0.15) is 18.4 Å². The molecule has 0 aliphatic heterocycles. The Morgan fingerprint density at radius 3 is 2.58 bits per heavy atom. The normalized spacial score (nSPS) is 11.1. The Labute approximate surface area is 113 Å². The van der Waals surface area contributed by atoms with Gasteiger partial charge < -0.3 is 9.47 Å². The van der Waals surface area contributed by atoms with Gasteiger partial charge in [-0.15, -0.1) is 0 Å². The standard InChI is InChI=1S/C12H11ClF3NO2/c13-11-6-10(3-2-9(11)7-17)19-5-1-4-18-8-12(14,15)16/h2-3,6H,1,4-5,8H2. The van der Waals surface area contributed by atoms with E-state index in [4.69, 9.17) is 21.6 Å². The van der Waals surface area contributed by atoms with Crippen LogP contribution in [0.15, 0.2) is 18.2 Å². The molecule has 0 fully saturated rings. The van der Waals surface area contributed by atoms with E-state index in [2.05, 4.69) is 4.74 Å². The Morgan fingerprint density at radius 1 is 1.26 bits per heavy atom. The molecule has 1 aromatic rings. The van der Waals surface area contributed by atoms with Crippen molar-refractivity contribution >= 4 is 11.6 Å². The molecule has 0 unspecified atom stereocenters. The van der Waals surface area contributed by atoms with E-state index in [9.17, 15) is 13.2 Å². The van der Waals surface area contributed by atoms with Crippen molar-refractivity contribution in [3.8, 4) is 11.8 Å². The molecule has 1 aromatic carbocycles. The SMILES string of the molecule is N#Cc1ccc(OCCCOCC(F)(F)F)cc1Cl. The van der Waals surface area contributed by atoms with E-state index in [0.717, 1.165) is 0 Å². The first kappa shape index (κ1) is 15.6. The maximum atomic E-state index is 11.7. The molecule has 0 heterocycles. The van der Waals surface area contributed by atoms with Crippen LogP contribution >= 0.6 is 11.6 Å². The van der Waals surface area contributed by atoms with Crippen LogP contribution < -0.4 is 4.74 Å². The molecule has 7 heteroatoms. The highest BCUT2D eigenvalue weighted by atomic mass is 35.5. The van der Waals surface area contributed by atoms with Gasteiger partial charge >= 0.3 is 6.18 Å². The molecule has 1 rings (SSSR count). The maximum Gasteiger partial charge on any atom is 0.411 e. The Morgan fingerprint density at radius 2 is 2.00 bits per heavy atom. The quantitative estimate of drug-likeness (QED) is 0.753. The third-order valence-electron chi connectivity index (χ3n) is 2.03. The Kier molecular flexibility index (Phi) is 5.93. The number of rotatable bonds is 6. The van der Waals surface area contributed by atoms with Gasteiger partial charge in [0.1, 0.15) is 18.4 Å². The number of nitrogens with zero attached hydrogens (tertiary/aromatic N) is 1. The van der Waals surface area contributed by atoms with Crippen LogP contribution in [0.1, 0.15) is 12.0 Å². The number of hydrogen-bond acceptors (Lipinski definition) is 3. The summed E-state index contributed by atoms with van der Waals surface area (Å²) in [4.78, 5) is 0. The van der Waals surface area contributed by atoms with Gasteiger partial charge in [-0.05, 0) is 12.1 Å². The number of halogens is 4. The summed E-state index contributed by atoms with van der Waals surface area (Å²) in [6, 6.07) is 6.47. The third kappa shape index (κ3) is 6.32. The van der Waals surface area contributed by atoms with Crippen LogP contribution in [0, 0.1) is 11.3 Å². The molecular formula is C12H11ClF3NO2. The number of ether oxygens (including phenoxy) is 2. The molecule has 0 radical (unpaired) electrons. The molecule has 0 aliphatic rings. The minimum absolute atomic E-state index is 0.0382. The van der Waals surface area contributed by atoms with Crippen molar-refractivity contribution in [1.29, 1.82) is 5.26 Å². The molecule has 0 aromatic heterocycles. The molecule has 104 valence electrons. The lowest BCUT2D eigenvalue weighted by Crippen LogP contribution is -2.18. The summed E-state index contributed by atoms with van der Waals surface area (Å²) in [6.45, 7) is -1.08. The Hall–Kier alpha value is -1.45. The summed E-state index contributed by atoms with van der Waals surface area (Å²) in [7, 11) is 0. The van der Waals surface area contributed by atoms with Gasteiger partial charge in [0.25, 0.3) is 0 Å². The number of hydrogen-bond donors (Lipinski definition) is 0. The summed E-state index contributed by atoms with van der Waals surface area (Å²) in [5, 5.41) is 8.94. The van der Waals surface area contributed by atoms with Crippen molar-refractivity contribution in [3.63, 3.8) is 0 Å². The van der Waals surface area contributed by atoms with E-state index < -0.39 is 12.8 Å². The topological polar surface area (TPSA) is 42.2 Å². The van der Waals surface area contributed by atoms with E-state index in [-0.39, 0.29) is 18.2 Å². The first-order valence-corrected chi connectivity index (χ1v) is 5.77. The number of benzene rings is 1. The van der Waals surface area contributed by atoms with E-state index >= 15 is 0 Å². The molecule has 0 saturated carbocycles. The first-order valence-electron chi connectivity index (χ1n) is 5.39. The molecule has 0 atom stereocenters. The van der Waals surface area contributed by atoms with Crippen LogP contribution in [0.3, 0.4) is 0 Å². The zero-order valence-electron chi connectivity index (χ0n) is 9.84. The van der Waals surface area contributed by atoms with E-state index in [1.54, 1.807) is 6.07 Å². The fraction of sp³-hybridized carbons (Fsp3) is 0.417. The third-order valence-corrected chi connectivity index (χ3v) is 2.34. The predicted octanol–water partition coefficient (Wildman–Crippen LogP) is 3.56. The Bertz CT molecular complexity index is 457. The highest BCUT2D eigenvalue weighted by Gasteiger charge is 2.27. The molecule has 0 amide bonds. The molecular weight excluding hydrogens is 283 g/mol. The lowest BCUT2D eigenvalue weighted by atomic mass is 10.2. The smallest absolute Gasteiger partial charge is 0.411 e. The van der Waals surface area contributed by atoms with Crippen molar-refractivity contribution in [2.75, 3.05) is 19.8 Å². The lowest BCUT2D eigenvalue weighted by molar-refractivity contribution is -0.174.